The maximum absolute atomic E-state index is 4.11. The maximum atomic E-state index is 4.11. The van der Waals surface area contributed by atoms with Gasteiger partial charge in [-0.15, -0.1) is 24.4 Å². The molecule has 0 nitrogen and oxygen atoms in total. The van der Waals surface area contributed by atoms with E-state index in [1.807, 2.05) is 36.0 Å². The average Bonchev–Trinajstić information content (AvgIpc) is 2.58. The summed E-state index contributed by atoms with van der Waals surface area (Å²) < 4.78 is 2.23. The molecular weight excluding hydrogens is 656 g/mol. The highest BCUT2D eigenvalue weighted by molar-refractivity contribution is 9.12. The van der Waals surface area contributed by atoms with Crippen LogP contribution >= 0.6 is 104 Å². The van der Waals surface area contributed by atoms with E-state index in [1.54, 1.807) is 0 Å². The Bertz CT molecular complexity index is 480. The van der Waals surface area contributed by atoms with Crippen LogP contribution in [0.25, 0.3) is 0 Å². The Kier molecular flexibility index (Phi) is 18.1. The molecule has 0 aliphatic heterocycles. The Morgan fingerprint density at radius 1 is 0.696 bits per heavy atom. The minimum atomic E-state index is 0.994. The van der Waals surface area contributed by atoms with Gasteiger partial charge in [0.25, 0.3) is 0 Å². The van der Waals surface area contributed by atoms with Gasteiger partial charge in [-0.2, -0.15) is 0 Å². The third kappa shape index (κ3) is 15.5. The van der Waals surface area contributed by atoms with Crippen LogP contribution in [0.1, 0.15) is 0 Å². The Morgan fingerprint density at radius 3 is 1.48 bits per heavy atom. The molecule has 0 radical (unpaired) electrons. The lowest BCUT2D eigenvalue weighted by Gasteiger charge is -1.97. The van der Waals surface area contributed by atoms with E-state index in [-0.39, 0.29) is 0 Å². The lowest BCUT2D eigenvalue weighted by Crippen LogP contribution is -1.77. The summed E-state index contributed by atoms with van der Waals surface area (Å²) in [6.07, 6.45) is 0. The molecule has 0 saturated heterocycles. The van der Waals surface area contributed by atoms with Crippen LogP contribution in [0.2, 0.25) is 0 Å². The quantitative estimate of drug-likeness (QED) is 0.193. The van der Waals surface area contributed by atoms with Crippen LogP contribution in [0.15, 0.2) is 67.3 Å². The van der Waals surface area contributed by atoms with Crippen molar-refractivity contribution in [3.63, 3.8) is 0 Å². The normalized spacial score (nSPS) is 9.30. The predicted molar refractivity (Wildman–Crippen MR) is 128 cm³/mol. The topological polar surface area (TPSA) is 0 Å². The third-order valence-corrected chi connectivity index (χ3v) is 7.21. The number of alkyl halides is 3. The van der Waals surface area contributed by atoms with Crippen molar-refractivity contribution in [1.82, 2.24) is 0 Å². The smallest absolute Gasteiger partial charge is 0.0176 e. The summed E-state index contributed by atoms with van der Waals surface area (Å²) >= 11 is 22.5. The fourth-order valence-corrected chi connectivity index (χ4v) is 2.93. The van der Waals surface area contributed by atoms with E-state index in [2.05, 4.69) is 117 Å². The fourth-order valence-electron chi connectivity index (χ4n) is 1.13. The van der Waals surface area contributed by atoms with Gasteiger partial charge in [0.1, 0.15) is 0 Å². The number of benzene rings is 2. The monoisotopic (exact) mass is 668 g/mol. The molecule has 0 amide bonds. The summed E-state index contributed by atoms with van der Waals surface area (Å²) in [5, 5.41) is 3.15. The number of hydrogen-bond donors (Lipinski definition) is 1. The molecule has 0 spiro atoms. The average molecular weight is 673 g/mol. The van der Waals surface area contributed by atoms with Gasteiger partial charge in [0.05, 0.1) is 0 Å². The van der Waals surface area contributed by atoms with Crippen molar-refractivity contribution in [3.05, 3.63) is 57.5 Å². The molecule has 7 heteroatoms. The first-order valence-corrected chi connectivity index (χ1v) is 12.9. The van der Waals surface area contributed by atoms with Crippen LogP contribution in [-0.2, 0) is 0 Å². The molecule has 0 aliphatic carbocycles. The highest BCUT2D eigenvalue weighted by Gasteiger charge is 1.91. The summed E-state index contributed by atoms with van der Waals surface area (Å²) in [5.74, 6) is 1.13. The van der Waals surface area contributed by atoms with E-state index in [4.69, 9.17) is 0 Å². The van der Waals surface area contributed by atoms with Crippen LogP contribution in [0.3, 0.4) is 0 Å². The maximum Gasteiger partial charge on any atom is 0.0176 e. The summed E-state index contributed by atoms with van der Waals surface area (Å²) in [7, 11) is 0. The number of hydrogen-bond acceptors (Lipinski definition) is 2. The highest BCUT2D eigenvalue weighted by Crippen LogP contribution is 2.20. The van der Waals surface area contributed by atoms with Crippen LogP contribution in [0.4, 0.5) is 0 Å². The van der Waals surface area contributed by atoms with Crippen LogP contribution in [0.5, 0.6) is 0 Å². The molecule has 0 saturated carbocycles. The van der Waals surface area contributed by atoms with E-state index in [9.17, 15) is 0 Å². The van der Waals surface area contributed by atoms with E-state index in [0.717, 1.165) is 35.6 Å². The van der Waals surface area contributed by atoms with Gasteiger partial charge < -0.3 is 0 Å². The van der Waals surface area contributed by atoms with Gasteiger partial charge in [0, 0.05) is 40.5 Å². The van der Waals surface area contributed by atoms with Crippen molar-refractivity contribution in [1.29, 1.82) is 0 Å². The molecule has 0 unspecified atom stereocenters. The first-order chi connectivity index (χ1) is 11.0. The van der Waals surface area contributed by atoms with E-state index in [1.165, 1.54) is 4.90 Å². The molecule has 0 atom stereocenters. The molecular formula is C16H17Br5S2. The molecule has 0 N–H and O–H groups in total. The van der Waals surface area contributed by atoms with Gasteiger partial charge >= 0.3 is 0 Å². The number of thiol groups is 1. The van der Waals surface area contributed by atoms with Crippen LogP contribution in [-0.4, -0.2) is 21.7 Å². The first kappa shape index (κ1) is 24.5. The van der Waals surface area contributed by atoms with Crippen molar-refractivity contribution >= 4 is 104 Å². The van der Waals surface area contributed by atoms with Gasteiger partial charge in [0.2, 0.25) is 0 Å². The molecule has 2 rings (SSSR count). The van der Waals surface area contributed by atoms with E-state index in [0.29, 0.717) is 0 Å². The zero-order valence-corrected chi connectivity index (χ0v) is 21.8. The van der Waals surface area contributed by atoms with Gasteiger partial charge in [-0.25, -0.2) is 0 Å². The van der Waals surface area contributed by atoms with Crippen LogP contribution in [0, 0.1) is 0 Å². The van der Waals surface area contributed by atoms with E-state index >= 15 is 0 Å². The first-order valence-electron chi connectivity index (χ1n) is 6.54. The summed E-state index contributed by atoms with van der Waals surface area (Å²) in [4.78, 5) is 2.32. The van der Waals surface area contributed by atoms with Gasteiger partial charge in [0.15, 0.2) is 0 Å². The van der Waals surface area contributed by atoms with E-state index < -0.39 is 0 Å². The van der Waals surface area contributed by atoms with Crippen molar-refractivity contribution in [2.75, 3.05) is 21.7 Å². The molecule has 2 aromatic carbocycles. The summed E-state index contributed by atoms with van der Waals surface area (Å²) in [5.41, 5.74) is 0. The van der Waals surface area contributed by atoms with Crippen molar-refractivity contribution in [2.24, 2.45) is 0 Å². The Morgan fingerprint density at radius 2 is 1.13 bits per heavy atom. The number of thioether (sulfide) groups is 1. The zero-order valence-electron chi connectivity index (χ0n) is 12.2. The largest absolute Gasteiger partial charge is 0.143 e. The van der Waals surface area contributed by atoms with Crippen molar-refractivity contribution < 1.29 is 0 Å². The molecule has 23 heavy (non-hydrogen) atoms. The second-order valence-corrected chi connectivity index (χ2v) is 9.74. The molecule has 0 bridgehead atoms. The standard InChI is InChI=1S/C8H8Br2S.C6H5BrS.C2H4Br2/c9-5-6-11-8-3-1-7(10)2-4-8;7-5-1-3-6(8)4-2-5;3-1-2-4/h1-4H,5-6H2;1-4,8H;1-2H2. The molecule has 2 aromatic rings. The molecule has 0 fully saturated rings. The lowest BCUT2D eigenvalue weighted by atomic mass is 10.4. The predicted octanol–water partition coefficient (Wildman–Crippen LogP) is 8.45. The van der Waals surface area contributed by atoms with Crippen molar-refractivity contribution in [3.8, 4) is 0 Å². The summed E-state index contributed by atoms with van der Waals surface area (Å²) in [6.45, 7) is 0. The minimum Gasteiger partial charge on any atom is -0.143 e. The minimum absolute atomic E-state index is 0.994. The third-order valence-electron chi connectivity index (χ3n) is 2.06. The highest BCUT2D eigenvalue weighted by atomic mass is 79.9. The van der Waals surface area contributed by atoms with Crippen LogP contribution < -0.4 is 0 Å². The van der Waals surface area contributed by atoms with Gasteiger partial charge in [-0.3, -0.25) is 0 Å². The lowest BCUT2D eigenvalue weighted by molar-refractivity contribution is 1.42. The summed E-state index contributed by atoms with van der Waals surface area (Å²) in [6, 6.07) is 16.2. The van der Waals surface area contributed by atoms with Gasteiger partial charge in [-0.1, -0.05) is 79.6 Å². The zero-order chi connectivity index (χ0) is 17.5. The number of rotatable bonds is 4. The molecule has 128 valence electrons. The molecule has 0 aliphatic rings. The van der Waals surface area contributed by atoms with Crippen molar-refractivity contribution in [2.45, 2.75) is 9.79 Å². The Balaban J connectivity index is 0.000000354. The number of halogens is 5. The second-order valence-electron chi connectivity index (χ2n) is 3.85. The second kappa shape index (κ2) is 17.0. The molecule has 0 aromatic heterocycles. The Hall–Kier alpha value is 1.54. The Labute approximate surface area is 191 Å². The fraction of sp³-hybridized carbons (Fsp3) is 0.250. The molecule has 0 heterocycles. The van der Waals surface area contributed by atoms with Gasteiger partial charge in [-0.05, 0) is 48.5 Å². The SMILES string of the molecule is BrCCBr.BrCCSc1ccc(Br)cc1.Sc1ccc(Br)cc1.